The third kappa shape index (κ3) is 6.43. The maximum Gasteiger partial charge on any atom is 0.490 e. The minimum absolute atomic E-state index is 0.00599. The highest BCUT2D eigenvalue weighted by Crippen LogP contribution is 2.15. The zero-order chi connectivity index (χ0) is 23.3. The number of halogens is 3. The van der Waals surface area contributed by atoms with Crippen molar-refractivity contribution in [3.8, 4) is 0 Å². The summed E-state index contributed by atoms with van der Waals surface area (Å²) >= 11 is 1.67. The molecule has 4 heterocycles. The number of fused-ring (bicyclic) bond motifs is 1. The van der Waals surface area contributed by atoms with Crippen molar-refractivity contribution in [1.82, 2.24) is 34.2 Å². The Bertz CT molecular complexity index is 1110. The minimum atomic E-state index is -5.08. The van der Waals surface area contributed by atoms with Crippen molar-refractivity contribution in [3.05, 3.63) is 56.7 Å². The second-order valence-electron chi connectivity index (χ2n) is 6.97. The summed E-state index contributed by atoms with van der Waals surface area (Å²) in [4.78, 5) is 36.9. The number of hydrogen-bond acceptors (Lipinski definition) is 8. The number of carboxylic acids is 1. The van der Waals surface area contributed by atoms with Gasteiger partial charge in [-0.15, -0.1) is 11.3 Å². The minimum Gasteiger partial charge on any atom is -0.475 e. The van der Waals surface area contributed by atoms with Gasteiger partial charge in [-0.1, -0.05) is 0 Å². The predicted molar refractivity (Wildman–Crippen MR) is 107 cm³/mol. The fourth-order valence-electron chi connectivity index (χ4n) is 3.10. The van der Waals surface area contributed by atoms with Gasteiger partial charge in [0.05, 0.1) is 29.5 Å². The number of alkyl halides is 3. The van der Waals surface area contributed by atoms with Crippen molar-refractivity contribution in [3.63, 3.8) is 0 Å². The van der Waals surface area contributed by atoms with Crippen molar-refractivity contribution in [1.29, 1.82) is 0 Å². The molecule has 0 radical (unpaired) electrons. The lowest BCUT2D eigenvalue weighted by molar-refractivity contribution is -0.192. The second-order valence-corrected chi connectivity index (χ2v) is 8.03. The van der Waals surface area contributed by atoms with Gasteiger partial charge >= 0.3 is 12.1 Å². The SMILES string of the molecule is Cc1nc(CN2CCCn3c(nc(Cn4cncn4)cc3=O)C2)cs1.O=C(O)C(F)(F)F. The van der Waals surface area contributed by atoms with Crippen molar-refractivity contribution in [2.24, 2.45) is 0 Å². The molecule has 0 bridgehead atoms. The first kappa shape index (κ1) is 23.5. The highest BCUT2D eigenvalue weighted by atomic mass is 32.1. The van der Waals surface area contributed by atoms with Gasteiger partial charge in [0.1, 0.15) is 18.5 Å². The zero-order valence-corrected chi connectivity index (χ0v) is 17.8. The van der Waals surface area contributed by atoms with E-state index < -0.39 is 12.1 Å². The Kier molecular flexibility index (Phi) is 7.35. The summed E-state index contributed by atoms with van der Waals surface area (Å²) in [6, 6.07) is 1.60. The fraction of sp³-hybridized carbons (Fsp3) is 0.444. The van der Waals surface area contributed by atoms with E-state index in [0.29, 0.717) is 25.3 Å². The van der Waals surface area contributed by atoms with Crippen LogP contribution in [0.4, 0.5) is 13.2 Å². The van der Waals surface area contributed by atoms with Gasteiger partial charge < -0.3 is 5.11 Å². The second kappa shape index (κ2) is 9.99. The topological polar surface area (TPSA) is 119 Å². The summed E-state index contributed by atoms with van der Waals surface area (Å²) in [5.41, 5.74) is 1.80. The molecule has 0 aromatic carbocycles. The molecule has 1 aliphatic rings. The molecule has 1 N–H and O–H groups in total. The van der Waals surface area contributed by atoms with E-state index in [1.165, 1.54) is 6.33 Å². The Balaban J connectivity index is 0.000000360. The third-order valence-corrected chi connectivity index (χ3v) is 5.27. The highest BCUT2D eigenvalue weighted by molar-refractivity contribution is 7.09. The molecule has 0 aliphatic carbocycles. The van der Waals surface area contributed by atoms with Gasteiger partial charge in [-0.25, -0.2) is 24.4 Å². The maximum atomic E-state index is 12.5. The van der Waals surface area contributed by atoms with Crippen LogP contribution >= 0.6 is 11.3 Å². The summed E-state index contributed by atoms with van der Waals surface area (Å²) in [7, 11) is 0. The number of aryl methyl sites for hydroxylation is 1. The van der Waals surface area contributed by atoms with Crippen LogP contribution in [0.1, 0.15) is 28.6 Å². The van der Waals surface area contributed by atoms with E-state index in [4.69, 9.17) is 14.9 Å². The molecule has 0 unspecified atom stereocenters. The number of hydrogen-bond donors (Lipinski definition) is 1. The molecule has 32 heavy (non-hydrogen) atoms. The van der Waals surface area contributed by atoms with E-state index in [9.17, 15) is 18.0 Å². The van der Waals surface area contributed by atoms with E-state index in [1.807, 2.05) is 6.92 Å². The van der Waals surface area contributed by atoms with E-state index in [-0.39, 0.29) is 5.56 Å². The van der Waals surface area contributed by atoms with Crippen LogP contribution in [0.2, 0.25) is 0 Å². The molecule has 3 aromatic heterocycles. The van der Waals surface area contributed by atoms with Crippen LogP contribution in [0, 0.1) is 6.92 Å². The molecule has 0 saturated heterocycles. The summed E-state index contributed by atoms with van der Waals surface area (Å²) in [5, 5.41) is 14.4. The van der Waals surface area contributed by atoms with Gasteiger partial charge in [-0.2, -0.15) is 18.3 Å². The average molecular weight is 471 g/mol. The van der Waals surface area contributed by atoms with Gasteiger partial charge in [-0.3, -0.25) is 14.3 Å². The molecule has 3 aromatic rings. The molecule has 0 atom stereocenters. The molecule has 172 valence electrons. The first-order valence-electron chi connectivity index (χ1n) is 9.47. The maximum absolute atomic E-state index is 12.5. The Morgan fingerprint density at radius 2 is 1.97 bits per heavy atom. The Labute approximate surface area is 184 Å². The number of thiazole rings is 1. The van der Waals surface area contributed by atoms with Crippen LogP contribution in [0.25, 0.3) is 0 Å². The lowest BCUT2D eigenvalue weighted by atomic mass is 10.3. The number of aliphatic carboxylic acids is 1. The van der Waals surface area contributed by atoms with E-state index in [1.54, 1.807) is 33.0 Å². The van der Waals surface area contributed by atoms with Crippen LogP contribution in [-0.4, -0.2) is 58.0 Å². The largest absolute Gasteiger partial charge is 0.490 e. The summed E-state index contributed by atoms with van der Waals surface area (Å²) in [5.74, 6) is -1.94. The first-order valence-corrected chi connectivity index (χ1v) is 10.4. The van der Waals surface area contributed by atoms with E-state index >= 15 is 0 Å². The van der Waals surface area contributed by atoms with Crippen molar-refractivity contribution in [2.75, 3.05) is 6.54 Å². The third-order valence-electron chi connectivity index (χ3n) is 4.45. The fourth-order valence-corrected chi connectivity index (χ4v) is 3.71. The van der Waals surface area contributed by atoms with Crippen LogP contribution in [0.5, 0.6) is 0 Å². The van der Waals surface area contributed by atoms with Crippen LogP contribution in [0.15, 0.2) is 28.9 Å². The standard InChI is InChI=1S/C16H19N7OS.C2HF3O2/c1-12-19-14(9-25-12)6-21-3-2-4-23-15(8-21)20-13(5-16(23)24)7-22-11-17-10-18-22;3-2(4,5)1(6)7/h5,9-11H,2-4,6-8H2,1H3;(H,6,7). The smallest absolute Gasteiger partial charge is 0.475 e. The van der Waals surface area contributed by atoms with Crippen LogP contribution in [-0.2, 0) is 31.0 Å². The Morgan fingerprint density at radius 3 is 2.56 bits per heavy atom. The number of carbonyl (C=O) groups is 1. The van der Waals surface area contributed by atoms with Gasteiger partial charge in [0.15, 0.2) is 0 Å². The molecule has 1 aliphatic heterocycles. The molecule has 0 spiro atoms. The molecule has 4 rings (SSSR count). The van der Waals surface area contributed by atoms with E-state index in [0.717, 1.165) is 36.0 Å². The number of aromatic nitrogens is 6. The summed E-state index contributed by atoms with van der Waals surface area (Å²) < 4.78 is 35.2. The quantitative estimate of drug-likeness (QED) is 0.611. The predicted octanol–water partition coefficient (Wildman–Crippen LogP) is 1.69. The lowest BCUT2D eigenvalue weighted by Gasteiger charge is -2.18. The van der Waals surface area contributed by atoms with Crippen molar-refractivity contribution >= 4 is 17.3 Å². The van der Waals surface area contributed by atoms with E-state index in [2.05, 4.69) is 25.3 Å². The average Bonchev–Trinajstić information content (AvgIpc) is 3.30. The number of nitrogens with zero attached hydrogens (tertiary/aromatic N) is 7. The molecular formula is C18H20F3N7O3S. The molecule has 10 nitrogen and oxygen atoms in total. The van der Waals surface area contributed by atoms with Gasteiger partial charge in [0, 0.05) is 31.1 Å². The molecular weight excluding hydrogens is 451 g/mol. The highest BCUT2D eigenvalue weighted by Gasteiger charge is 2.38. The van der Waals surface area contributed by atoms with Gasteiger partial charge in [-0.05, 0) is 13.3 Å². The van der Waals surface area contributed by atoms with Crippen LogP contribution < -0.4 is 5.56 Å². The monoisotopic (exact) mass is 471 g/mol. The molecule has 0 fully saturated rings. The molecule has 14 heteroatoms. The number of carboxylic acid groups (broad SMARTS) is 1. The first-order chi connectivity index (χ1) is 15.1. The summed E-state index contributed by atoms with van der Waals surface area (Å²) in [6.45, 7) is 5.54. The zero-order valence-electron chi connectivity index (χ0n) is 17.0. The molecule has 0 amide bonds. The normalized spacial score (nSPS) is 14.2. The Morgan fingerprint density at radius 1 is 1.22 bits per heavy atom. The molecule has 0 saturated carbocycles. The van der Waals surface area contributed by atoms with Gasteiger partial charge in [0.2, 0.25) is 0 Å². The van der Waals surface area contributed by atoms with Crippen molar-refractivity contribution < 1.29 is 23.1 Å². The summed E-state index contributed by atoms with van der Waals surface area (Å²) in [6.07, 6.45) is -1.05. The van der Waals surface area contributed by atoms with Crippen LogP contribution in [0.3, 0.4) is 0 Å². The Hall–Kier alpha value is -3.13. The van der Waals surface area contributed by atoms with Gasteiger partial charge in [0.25, 0.3) is 5.56 Å². The number of rotatable bonds is 4. The lowest BCUT2D eigenvalue weighted by Crippen LogP contribution is -2.28. The van der Waals surface area contributed by atoms with Crippen molar-refractivity contribution in [2.45, 2.75) is 45.7 Å².